The lowest BCUT2D eigenvalue weighted by Gasteiger charge is -2.30. The van der Waals surface area contributed by atoms with Crippen LogP contribution in [0.1, 0.15) is 12.8 Å². The molecule has 1 fully saturated rings. The average Bonchev–Trinajstić information content (AvgIpc) is 2.91. The fourth-order valence-electron chi connectivity index (χ4n) is 2.36. The molecular formula is C12H14ClN3O3S2. The van der Waals surface area contributed by atoms with Crippen LogP contribution in [0.15, 0.2) is 16.5 Å². The third-order valence-electron chi connectivity index (χ3n) is 3.49. The fraction of sp³-hybridized carbons (Fsp3) is 0.500. The van der Waals surface area contributed by atoms with Gasteiger partial charge in [-0.1, -0.05) is 0 Å². The van der Waals surface area contributed by atoms with Crippen molar-refractivity contribution in [3.8, 4) is 0 Å². The standard InChI is InChI=1S/C12H14ClN3O3S2/c1-19-8-3-2-4-16(7-8)21(17,18)11-5-9-10(20-11)6-14-12(13)15-9/h5-6,8H,2-4,7H2,1H3. The van der Waals surface area contributed by atoms with Gasteiger partial charge in [-0.05, 0) is 30.5 Å². The maximum atomic E-state index is 12.7. The van der Waals surface area contributed by atoms with E-state index in [-0.39, 0.29) is 15.6 Å². The van der Waals surface area contributed by atoms with E-state index in [2.05, 4.69) is 9.97 Å². The largest absolute Gasteiger partial charge is 0.380 e. The maximum absolute atomic E-state index is 12.7. The highest BCUT2D eigenvalue weighted by atomic mass is 35.5. The molecular weight excluding hydrogens is 334 g/mol. The van der Waals surface area contributed by atoms with Crippen molar-refractivity contribution in [2.75, 3.05) is 20.2 Å². The van der Waals surface area contributed by atoms with E-state index < -0.39 is 10.0 Å². The lowest BCUT2D eigenvalue weighted by Crippen LogP contribution is -2.42. The summed E-state index contributed by atoms with van der Waals surface area (Å²) < 4.78 is 33.1. The van der Waals surface area contributed by atoms with Crippen LogP contribution < -0.4 is 0 Å². The topological polar surface area (TPSA) is 72.4 Å². The van der Waals surface area contributed by atoms with E-state index >= 15 is 0 Å². The van der Waals surface area contributed by atoms with Crippen LogP contribution in [0.5, 0.6) is 0 Å². The van der Waals surface area contributed by atoms with Crippen LogP contribution in [0.4, 0.5) is 0 Å². The second-order valence-electron chi connectivity index (χ2n) is 4.82. The van der Waals surface area contributed by atoms with Crippen LogP contribution in [-0.2, 0) is 14.8 Å². The number of nitrogens with zero attached hydrogens (tertiary/aromatic N) is 3. The number of rotatable bonds is 3. The van der Waals surface area contributed by atoms with Gasteiger partial charge >= 0.3 is 0 Å². The lowest BCUT2D eigenvalue weighted by atomic mass is 10.1. The van der Waals surface area contributed by atoms with Gasteiger partial charge in [0.05, 0.1) is 16.3 Å². The Morgan fingerprint density at radius 1 is 1.52 bits per heavy atom. The number of fused-ring (bicyclic) bond motifs is 1. The van der Waals surface area contributed by atoms with Gasteiger partial charge in [-0.25, -0.2) is 18.4 Å². The van der Waals surface area contributed by atoms with Gasteiger partial charge in [-0.2, -0.15) is 4.31 Å². The number of hydrogen-bond donors (Lipinski definition) is 0. The highest BCUT2D eigenvalue weighted by Gasteiger charge is 2.31. The van der Waals surface area contributed by atoms with E-state index in [4.69, 9.17) is 16.3 Å². The predicted molar refractivity (Wildman–Crippen MR) is 81.2 cm³/mol. The Morgan fingerprint density at radius 2 is 2.33 bits per heavy atom. The number of thiophene rings is 1. The quantitative estimate of drug-likeness (QED) is 0.795. The molecule has 1 saturated heterocycles. The molecule has 3 rings (SSSR count). The van der Waals surface area contributed by atoms with Crippen molar-refractivity contribution < 1.29 is 13.2 Å². The Morgan fingerprint density at radius 3 is 3.10 bits per heavy atom. The zero-order valence-corrected chi connectivity index (χ0v) is 13.7. The summed E-state index contributed by atoms with van der Waals surface area (Å²) in [6.07, 6.45) is 3.18. The fourth-order valence-corrected chi connectivity index (χ4v) is 5.46. The molecule has 6 nitrogen and oxygen atoms in total. The van der Waals surface area contributed by atoms with Crippen molar-refractivity contribution in [2.45, 2.75) is 23.2 Å². The number of halogens is 1. The molecule has 1 aliphatic rings. The number of ether oxygens (including phenoxy) is 1. The van der Waals surface area contributed by atoms with Crippen LogP contribution in [0.25, 0.3) is 10.2 Å². The Hall–Kier alpha value is -0.800. The van der Waals surface area contributed by atoms with Crippen molar-refractivity contribution in [1.82, 2.24) is 14.3 Å². The molecule has 0 radical (unpaired) electrons. The van der Waals surface area contributed by atoms with Gasteiger partial charge in [-0.3, -0.25) is 0 Å². The Bertz CT molecular complexity index is 762. The van der Waals surface area contributed by atoms with Crippen LogP contribution in [0, 0.1) is 0 Å². The van der Waals surface area contributed by atoms with Crippen LogP contribution >= 0.6 is 22.9 Å². The minimum Gasteiger partial charge on any atom is -0.380 e. The van der Waals surface area contributed by atoms with Crippen molar-refractivity contribution >= 4 is 43.2 Å². The summed E-state index contributed by atoms with van der Waals surface area (Å²) in [4.78, 5) is 7.92. The smallest absolute Gasteiger partial charge is 0.252 e. The zero-order chi connectivity index (χ0) is 15.0. The summed E-state index contributed by atoms with van der Waals surface area (Å²) in [5.41, 5.74) is 0.555. The van der Waals surface area contributed by atoms with Gasteiger partial charge in [-0.15, -0.1) is 11.3 Å². The van der Waals surface area contributed by atoms with Crippen LogP contribution in [0.3, 0.4) is 0 Å². The Balaban J connectivity index is 1.95. The van der Waals surface area contributed by atoms with Crippen molar-refractivity contribution in [1.29, 1.82) is 0 Å². The summed E-state index contributed by atoms with van der Waals surface area (Å²) in [5, 5.41) is 0.113. The first-order valence-electron chi connectivity index (χ1n) is 6.46. The number of sulfonamides is 1. The summed E-state index contributed by atoms with van der Waals surface area (Å²) in [5.74, 6) is 0. The molecule has 1 unspecified atom stereocenters. The first kappa shape index (κ1) is 15.1. The normalized spacial score (nSPS) is 21.0. The van der Waals surface area contributed by atoms with Gasteiger partial charge in [0.15, 0.2) is 0 Å². The van der Waals surface area contributed by atoms with E-state index in [1.54, 1.807) is 19.4 Å². The van der Waals surface area contributed by atoms with Gasteiger partial charge in [0, 0.05) is 26.4 Å². The number of methoxy groups -OCH3 is 1. The molecule has 114 valence electrons. The molecule has 2 aromatic rings. The third-order valence-corrected chi connectivity index (χ3v) is 7.04. The number of aromatic nitrogens is 2. The number of piperidine rings is 1. The van der Waals surface area contributed by atoms with Gasteiger partial charge < -0.3 is 4.74 Å². The zero-order valence-electron chi connectivity index (χ0n) is 11.3. The molecule has 1 atom stereocenters. The highest BCUT2D eigenvalue weighted by molar-refractivity contribution is 7.91. The molecule has 0 bridgehead atoms. The van der Waals surface area contributed by atoms with Crippen LogP contribution in [0.2, 0.25) is 5.28 Å². The molecule has 0 N–H and O–H groups in total. The van der Waals surface area contributed by atoms with Crippen LogP contribution in [-0.4, -0.2) is 49.0 Å². The minimum absolute atomic E-state index is 0.0443. The molecule has 21 heavy (non-hydrogen) atoms. The summed E-state index contributed by atoms with van der Waals surface area (Å²) in [6.45, 7) is 0.905. The van der Waals surface area contributed by atoms with Crippen molar-refractivity contribution in [2.24, 2.45) is 0 Å². The number of hydrogen-bond acceptors (Lipinski definition) is 6. The third kappa shape index (κ3) is 2.91. The van der Waals surface area contributed by atoms with E-state index in [9.17, 15) is 8.42 Å². The predicted octanol–water partition coefficient (Wildman–Crippen LogP) is 2.14. The van der Waals surface area contributed by atoms with E-state index in [1.807, 2.05) is 0 Å². The molecule has 9 heteroatoms. The van der Waals surface area contributed by atoms with Crippen molar-refractivity contribution in [3.05, 3.63) is 17.5 Å². The first-order chi connectivity index (χ1) is 10.0. The molecule has 0 aliphatic carbocycles. The summed E-state index contributed by atoms with van der Waals surface area (Å²) in [7, 11) is -1.91. The minimum atomic E-state index is -3.52. The lowest BCUT2D eigenvalue weighted by molar-refractivity contribution is 0.0572. The second kappa shape index (κ2) is 5.77. The van der Waals surface area contributed by atoms with Gasteiger partial charge in [0.1, 0.15) is 4.21 Å². The molecule has 2 aromatic heterocycles. The first-order valence-corrected chi connectivity index (χ1v) is 9.09. The molecule has 3 heterocycles. The summed E-state index contributed by atoms with van der Waals surface area (Å²) >= 11 is 6.90. The molecule has 0 amide bonds. The van der Waals surface area contributed by atoms with Gasteiger partial charge in [0.2, 0.25) is 5.28 Å². The molecule has 1 aliphatic heterocycles. The average molecular weight is 348 g/mol. The molecule has 0 aromatic carbocycles. The monoisotopic (exact) mass is 347 g/mol. The Labute approximate surface area is 131 Å². The van der Waals surface area contributed by atoms with Gasteiger partial charge in [0.25, 0.3) is 10.0 Å². The second-order valence-corrected chi connectivity index (χ2v) is 8.40. The van der Waals surface area contributed by atoms with E-state index in [1.165, 1.54) is 4.31 Å². The maximum Gasteiger partial charge on any atom is 0.252 e. The summed E-state index contributed by atoms with van der Waals surface area (Å²) in [6, 6.07) is 1.55. The van der Waals surface area contributed by atoms with E-state index in [0.717, 1.165) is 24.2 Å². The van der Waals surface area contributed by atoms with E-state index in [0.29, 0.717) is 23.3 Å². The van der Waals surface area contributed by atoms with Crippen molar-refractivity contribution in [3.63, 3.8) is 0 Å². The Kier molecular flexibility index (Phi) is 4.15. The highest BCUT2D eigenvalue weighted by Crippen LogP contribution is 2.31. The SMILES string of the molecule is COC1CCCN(S(=O)(=O)c2cc3nc(Cl)ncc3s2)C1. The molecule has 0 saturated carbocycles. The molecule has 0 spiro atoms.